The Morgan fingerprint density at radius 1 is 0.481 bits per heavy atom. The molecule has 0 radical (unpaired) electrons. The first-order valence-electron chi connectivity index (χ1n) is 8.74. The molecule has 0 unspecified atom stereocenters. The van der Waals surface area contributed by atoms with Gasteiger partial charge in [-0.15, -0.1) is 0 Å². The number of hydrogen-bond acceptors (Lipinski definition) is 1. The van der Waals surface area contributed by atoms with Crippen LogP contribution in [0.1, 0.15) is 0 Å². The van der Waals surface area contributed by atoms with Crippen LogP contribution in [0.15, 0.2) is 130 Å². The fourth-order valence-electron chi connectivity index (χ4n) is 2.89. The normalized spacial score (nSPS) is 11.9. The topological polar surface area (TPSA) is 0 Å². The van der Waals surface area contributed by atoms with Crippen molar-refractivity contribution in [2.45, 2.75) is 14.7 Å². The van der Waals surface area contributed by atoms with Gasteiger partial charge in [0, 0.05) is 24.1 Å². The van der Waals surface area contributed by atoms with Crippen LogP contribution in [0.5, 0.6) is 0 Å². The summed E-state index contributed by atoms with van der Waals surface area (Å²) in [7, 11) is -1.39. The molecule has 0 saturated carbocycles. The Labute approximate surface area is 165 Å². The van der Waals surface area contributed by atoms with Crippen LogP contribution in [-0.2, 0) is 0 Å². The first kappa shape index (κ1) is 17.9. The molecule has 0 aliphatic heterocycles. The van der Waals surface area contributed by atoms with E-state index in [1.165, 1.54) is 16.4 Å². The molecule has 0 atom stereocenters. The molecule has 0 N–H and O–H groups in total. The van der Waals surface area contributed by atoms with Crippen molar-refractivity contribution in [3.63, 3.8) is 0 Å². The molecular formula is C24H19FS2. The molecule has 0 bridgehead atoms. The third-order valence-electron chi connectivity index (χ3n) is 4.27. The van der Waals surface area contributed by atoms with Crippen LogP contribution < -0.4 is 0 Å². The second-order valence-electron chi connectivity index (χ2n) is 6.09. The molecule has 4 rings (SSSR count). The van der Waals surface area contributed by atoms with Gasteiger partial charge in [-0.05, 0) is 58.3 Å². The SMILES string of the molecule is FS(Sc1ccc(-c2ccccc2)cc1)(c1ccccc1)c1ccccc1. The van der Waals surface area contributed by atoms with Crippen molar-refractivity contribution in [2.24, 2.45) is 0 Å². The van der Waals surface area contributed by atoms with Gasteiger partial charge in [0.05, 0.1) is 0 Å². The number of rotatable bonds is 5. The molecule has 27 heavy (non-hydrogen) atoms. The van der Waals surface area contributed by atoms with Gasteiger partial charge in [-0.1, -0.05) is 78.9 Å². The van der Waals surface area contributed by atoms with Crippen LogP contribution in [-0.4, -0.2) is 0 Å². The maximum Gasteiger partial charge on any atom is 0.0319 e. The molecule has 0 saturated heterocycles. The maximum atomic E-state index is 16.4. The van der Waals surface area contributed by atoms with E-state index in [9.17, 15) is 0 Å². The molecule has 0 aliphatic rings. The molecule has 4 aromatic rings. The lowest BCUT2D eigenvalue weighted by molar-refractivity contribution is 0.899. The van der Waals surface area contributed by atoms with Gasteiger partial charge >= 0.3 is 0 Å². The monoisotopic (exact) mass is 390 g/mol. The van der Waals surface area contributed by atoms with Crippen LogP contribution in [0.2, 0.25) is 0 Å². The summed E-state index contributed by atoms with van der Waals surface area (Å²) in [6, 6.07) is 37.4. The number of hydrogen-bond donors (Lipinski definition) is 0. The Bertz CT molecular complexity index is 945. The third-order valence-corrected chi connectivity index (χ3v) is 9.14. The van der Waals surface area contributed by atoms with Crippen molar-refractivity contribution in [1.82, 2.24) is 0 Å². The summed E-state index contributed by atoms with van der Waals surface area (Å²) >= 11 is 0. The highest BCUT2D eigenvalue weighted by molar-refractivity contribution is 8.92. The number of benzene rings is 4. The summed E-state index contributed by atoms with van der Waals surface area (Å²) in [6.07, 6.45) is 0. The van der Waals surface area contributed by atoms with Gasteiger partial charge in [0.1, 0.15) is 0 Å². The highest BCUT2D eigenvalue weighted by atomic mass is 33.2. The van der Waals surface area contributed by atoms with E-state index in [0.29, 0.717) is 0 Å². The molecular weight excluding hydrogens is 371 g/mol. The average Bonchev–Trinajstić information content (AvgIpc) is 2.76. The second-order valence-corrected chi connectivity index (χ2v) is 10.5. The molecule has 134 valence electrons. The van der Waals surface area contributed by atoms with Crippen molar-refractivity contribution in [1.29, 1.82) is 0 Å². The lowest BCUT2D eigenvalue weighted by atomic mass is 10.1. The van der Waals surface area contributed by atoms with Crippen molar-refractivity contribution < 1.29 is 3.89 Å². The smallest absolute Gasteiger partial charge is 0.0319 e. The Balaban J connectivity index is 1.68. The molecule has 0 nitrogen and oxygen atoms in total. The van der Waals surface area contributed by atoms with Crippen LogP contribution in [0, 0.1) is 0 Å². The molecule has 4 aromatic carbocycles. The fourth-order valence-corrected chi connectivity index (χ4v) is 7.25. The van der Waals surface area contributed by atoms with Gasteiger partial charge in [0.25, 0.3) is 0 Å². The first-order chi connectivity index (χ1) is 13.3. The summed E-state index contributed by atoms with van der Waals surface area (Å²) in [6.45, 7) is 0. The maximum absolute atomic E-state index is 16.4. The molecule has 0 spiro atoms. The average molecular weight is 391 g/mol. The van der Waals surface area contributed by atoms with Gasteiger partial charge in [-0.2, -0.15) is 3.89 Å². The van der Waals surface area contributed by atoms with E-state index >= 15 is 3.89 Å². The molecule has 0 aromatic heterocycles. The van der Waals surface area contributed by atoms with Gasteiger partial charge in [0.2, 0.25) is 0 Å². The summed E-state index contributed by atoms with van der Waals surface area (Å²) in [5.74, 6) is 0. The standard InChI is InChI=1S/C24H19FS2/c25-27(23-12-6-2-7-13-23,24-14-8-3-9-15-24)26-22-18-16-21(17-19-22)20-10-4-1-5-11-20/h1-19H. The fraction of sp³-hybridized carbons (Fsp3) is 0. The van der Waals surface area contributed by atoms with E-state index in [4.69, 9.17) is 0 Å². The quantitative estimate of drug-likeness (QED) is 0.310. The Morgan fingerprint density at radius 3 is 1.37 bits per heavy atom. The summed E-state index contributed by atoms with van der Waals surface area (Å²) < 4.78 is 16.4. The largest absolute Gasteiger partial charge is 0.169 e. The first-order valence-corrected chi connectivity index (χ1v) is 11.6. The van der Waals surface area contributed by atoms with Crippen LogP contribution in [0.3, 0.4) is 0 Å². The molecule has 0 fully saturated rings. The third kappa shape index (κ3) is 3.95. The van der Waals surface area contributed by atoms with Crippen LogP contribution in [0.4, 0.5) is 3.89 Å². The van der Waals surface area contributed by atoms with E-state index in [1.54, 1.807) is 0 Å². The number of halogens is 1. The Kier molecular flexibility index (Phi) is 5.33. The summed E-state index contributed by atoms with van der Waals surface area (Å²) in [5, 5.41) is 0. The zero-order valence-electron chi connectivity index (χ0n) is 14.7. The van der Waals surface area contributed by atoms with E-state index in [0.717, 1.165) is 20.2 Å². The predicted octanol–water partition coefficient (Wildman–Crippen LogP) is 8.17. The Morgan fingerprint density at radius 2 is 0.889 bits per heavy atom. The van der Waals surface area contributed by atoms with Crippen molar-refractivity contribution in [2.75, 3.05) is 0 Å². The van der Waals surface area contributed by atoms with Gasteiger partial charge in [-0.3, -0.25) is 0 Å². The minimum atomic E-state index is -2.71. The molecule has 0 aliphatic carbocycles. The van der Waals surface area contributed by atoms with Crippen molar-refractivity contribution >= 4 is 20.2 Å². The van der Waals surface area contributed by atoms with E-state index in [1.807, 2.05) is 91.0 Å². The highest BCUT2D eigenvalue weighted by Gasteiger charge is 2.30. The minimum Gasteiger partial charge on any atom is -0.169 e. The van der Waals surface area contributed by atoms with Crippen molar-refractivity contribution in [3.05, 3.63) is 115 Å². The lowest BCUT2D eigenvalue weighted by Crippen LogP contribution is -1.92. The van der Waals surface area contributed by atoms with E-state index < -0.39 is 9.45 Å². The van der Waals surface area contributed by atoms with E-state index in [2.05, 4.69) is 24.3 Å². The van der Waals surface area contributed by atoms with E-state index in [-0.39, 0.29) is 0 Å². The molecule has 0 amide bonds. The van der Waals surface area contributed by atoms with Crippen LogP contribution >= 0.6 is 20.2 Å². The highest BCUT2D eigenvalue weighted by Crippen LogP contribution is 2.74. The Hall–Kier alpha value is -2.49. The molecule has 3 heteroatoms. The van der Waals surface area contributed by atoms with Gasteiger partial charge in [0.15, 0.2) is 0 Å². The lowest BCUT2D eigenvalue weighted by Gasteiger charge is -2.30. The van der Waals surface area contributed by atoms with Gasteiger partial charge < -0.3 is 0 Å². The minimum absolute atomic E-state index is 0.730. The zero-order valence-corrected chi connectivity index (χ0v) is 16.3. The predicted molar refractivity (Wildman–Crippen MR) is 116 cm³/mol. The zero-order chi connectivity index (χ0) is 18.5. The summed E-state index contributed by atoms with van der Waals surface area (Å²) in [4.78, 5) is 2.39. The second kappa shape index (κ2) is 8.03. The van der Waals surface area contributed by atoms with Gasteiger partial charge in [-0.25, -0.2) is 0 Å². The van der Waals surface area contributed by atoms with Crippen LogP contribution in [0.25, 0.3) is 11.1 Å². The summed E-state index contributed by atoms with van der Waals surface area (Å²) in [5.41, 5.74) is 2.30. The van der Waals surface area contributed by atoms with Crippen molar-refractivity contribution in [3.8, 4) is 11.1 Å². The molecule has 0 heterocycles.